The summed E-state index contributed by atoms with van der Waals surface area (Å²) >= 11 is 1.60. The maximum atomic E-state index is 13.8. The molecular formula is C16H21FN2S. The molecule has 1 aromatic heterocycles. The van der Waals surface area contributed by atoms with Crippen molar-refractivity contribution in [2.75, 3.05) is 0 Å². The highest BCUT2D eigenvalue weighted by molar-refractivity contribution is 7.09. The lowest BCUT2D eigenvalue weighted by molar-refractivity contribution is 0.563. The Morgan fingerprint density at radius 2 is 2.05 bits per heavy atom. The van der Waals surface area contributed by atoms with E-state index in [1.807, 2.05) is 13.0 Å². The van der Waals surface area contributed by atoms with E-state index < -0.39 is 0 Å². The Morgan fingerprint density at radius 3 is 2.65 bits per heavy atom. The fraction of sp³-hybridized carbons (Fsp3) is 0.438. The topological polar surface area (TPSA) is 38.9 Å². The van der Waals surface area contributed by atoms with Gasteiger partial charge in [-0.25, -0.2) is 9.37 Å². The van der Waals surface area contributed by atoms with E-state index in [0.29, 0.717) is 12.0 Å². The first kappa shape index (κ1) is 15.1. The summed E-state index contributed by atoms with van der Waals surface area (Å²) < 4.78 is 13.8. The number of benzene rings is 1. The highest BCUT2D eigenvalue weighted by Gasteiger charge is 2.19. The zero-order chi connectivity index (χ0) is 14.9. The molecule has 0 bridgehead atoms. The predicted octanol–water partition coefficient (Wildman–Crippen LogP) is 4.13. The third kappa shape index (κ3) is 3.44. The van der Waals surface area contributed by atoms with E-state index >= 15 is 0 Å². The van der Waals surface area contributed by atoms with Gasteiger partial charge in [-0.05, 0) is 13.0 Å². The highest BCUT2D eigenvalue weighted by Crippen LogP contribution is 2.27. The molecule has 2 aromatic rings. The monoisotopic (exact) mass is 292 g/mol. The van der Waals surface area contributed by atoms with Crippen molar-refractivity contribution < 1.29 is 4.39 Å². The minimum absolute atomic E-state index is 0.0351. The van der Waals surface area contributed by atoms with Crippen LogP contribution in [0.4, 0.5) is 4.39 Å². The van der Waals surface area contributed by atoms with Gasteiger partial charge in [-0.3, -0.25) is 0 Å². The van der Waals surface area contributed by atoms with Crippen LogP contribution in [0.2, 0.25) is 0 Å². The van der Waals surface area contributed by atoms with Crippen molar-refractivity contribution in [3.05, 3.63) is 51.2 Å². The summed E-state index contributed by atoms with van der Waals surface area (Å²) in [6, 6.07) is 4.70. The minimum atomic E-state index is -0.353. The number of nitrogens with two attached hydrogens (primary N) is 1. The van der Waals surface area contributed by atoms with E-state index in [1.165, 1.54) is 6.07 Å². The first-order valence-electron chi connectivity index (χ1n) is 6.74. The van der Waals surface area contributed by atoms with Crippen molar-refractivity contribution in [2.24, 2.45) is 5.73 Å². The molecule has 0 fully saturated rings. The quantitative estimate of drug-likeness (QED) is 0.923. The van der Waals surface area contributed by atoms with Crippen LogP contribution in [0.5, 0.6) is 0 Å². The van der Waals surface area contributed by atoms with Gasteiger partial charge in [0.25, 0.3) is 0 Å². The zero-order valence-electron chi connectivity index (χ0n) is 12.4. The summed E-state index contributed by atoms with van der Waals surface area (Å²) in [6.07, 6.45) is 0.571. The number of aromatic nitrogens is 1. The molecule has 0 aliphatic heterocycles. The van der Waals surface area contributed by atoms with Crippen LogP contribution < -0.4 is 5.73 Å². The molecule has 0 spiro atoms. The van der Waals surface area contributed by atoms with Gasteiger partial charge in [0.05, 0.1) is 10.7 Å². The van der Waals surface area contributed by atoms with Crippen molar-refractivity contribution >= 4 is 11.3 Å². The van der Waals surface area contributed by atoms with Crippen molar-refractivity contribution in [3.8, 4) is 0 Å². The Bertz CT molecular complexity index is 599. The van der Waals surface area contributed by atoms with Crippen LogP contribution in [0.25, 0.3) is 0 Å². The number of thiazole rings is 1. The Kier molecular flexibility index (Phi) is 4.25. The first-order valence-corrected chi connectivity index (χ1v) is 7.62. The summed E-state index contributed by atoms with van der Waals surface area (Å²) in [6.45, 7) is 8.33. The number of aryl methyl sites for hydroxylation is 1. The van der Waals surface area contributed by atoms with E-state index in [4.69, 9.17) is 5.73 Å². The van der Waals surface area contributed by atoms with Gasteiger partial charge < -0.3 is 5.73 Å². The van der Waals surface area contributed by atoms with Crippen LogP contribution in [-0.2, 0) is 11.8 Å². The smallest absolute Gasteiger partial charge is 0.128 e. The number of hydrogen-bond acceptors (Lipinski definition) is 3. The van der Waals surface area contributed by atoms with Crippen LogP contribution in [0.15, 0.2) is 23.6 Å². The van der Waals surface area contributed by atoms with Gasteiger partial charge in [0.1, 0.15) is 5.82 Å². The number of nitrogens with zero attached hydrogens (tertiary/aromatic N) is 1. The van der Waals surface area contributed by atoms with Gasteiger partial charge >= 0.3 is 0 Å². The average Bonchev–Trinajstić information content (AvgIpc) is 2.80. The first-order chi connectivity index (χ1) is 9.27. The molecular weight excluding hydrogens is 271 g/mol. The molecule has 0 aliphatic carbocycles. The second-order valence-corrected chi connectivity index (χ2v) is 7.15. The van der Waals surface area contributed by atoms with Gasteiger partial charge in [0.2, 0.25) is 0 Å². The summed E-state index contributed by atoms with van der Waals surface area (Å²) in [7, 11) is 0. The molecule has 2 nitrogen and oxygen atoms in total. The van der Waals surface area contributed by atoms with Crippen LogP contribution >= 0.6 is 11.3 Å². The SMILES string of the molecule is Cc1ccc(F)c(C(N)Cc2nc(C(C)(C)C)cs2)c1. The number of hydrogen-bond donors (Lipinski definition) is 1. The molecule has 108 valence electrons. The van der Waals surface area contributed by atoms with Gasteiger partial charge in [-0.2, -0.15) is 0 Å². The second kappa shape index (κ2) is 5.62. The van der Waals surface area contributed by atoms with Gasteiger partial charge in [0, 0.05) is 28.8 Å². The largest absolute Gasteiger partial charge is 0.324 e. The van der Waals surface area contributed by atoms with Crippen LogP contribution in [-0.4, -0.2) is 4.98 Å². The Balaban J connectivity index is 2.17. The van der Waals surface area contributed by atoms with Gasteiger partial charge in [-0.15, -0.1) is 11.3 Å². The van der Waals surface area contributed by atoms with Gasteiger partial charge in [0.15, 0.2) is 0 Å². The highest BCUT2D eigenvalue weighted by atomic mass is 32.1. The molecule has 0 radical (unpaired) electrons. The fourth-order valence-corrected chi connectivity index (χ4v) is 3.08. The molecule has 20 heavy (non-hydrogen) atoms. The lowest BCUT2D eigenvalue weighted by Gasteiger charge is -2.15. The molecule has 0 saturated heterocycles. The summed E-state index contributed by atoms with van der Waals surface area (Å²) in [5.74, 6) is -0.240. The van der Waals surface area contributed by atoms with Crippen LogP contribution in [0.1, 0.15) is 48.6 Å². The number of halogens is 1. The molecule has 1 atom stereocenters. The molecule has 4 heteroatoms. The molecule has 1 aromatic carbocycles. The standard InChI is InChI=1S/C16H21FN2S/c1-10-5-6-12(17)11(7-10)13(18)8-15-19-14(9-20-15)16(2,3)4/h5-7,9,13H,8,18H2,1-4H3. The van der Waals surface area contributed by atoms with Gasteiger partial charge in [-0.1, -0.05) is 38.5 Å². The van der Waals surface area contributed by atoms with Crippen molar-refractivity contribution in [1.82, 2.24) is 4.98 Å². The normalized spacial score (nSPS) is 13.5. The molecule has 0 saturated carbocycles. The average molecular weight is 292 g/mol. The minimum Gasteiger partial charge on any atom is -0.324 e. The summed E-state index contributed by atoms with van der Waals surface area (Å²) in [5.41, 5.74) is 8.83. The number of rotatable bonds is 3. The molecule has 1 unspecified atom stereocenters. The Hall–Kier alpha value is -1.26. The van der Waals surface area contributed by atoms with Crippen LogP contribution in [0, 0.1) is 12.7 Å². The van der Waals surface area contributed by atoms with E-state index in [1.54, 1.807) is 17.4 Å². The molecule has 0 amide bonds. The molecule has 2 N–H and O–H groups in total. The maximum Gasteiger partial charge on any atom is 0.128 e. The lowest BCUT2D eigenvalue weighted by Crippen LogP contribution is -2.16. The summed E-state index contributed by atoms with van der Waals surface area (Å²) in [5, 5.41) is 3.03. The second-order valence-electron chi connectivity index (χ2n) is 6.21. The third-order valence-electron chi connectivity index (χ3n) is 3.27. The van der Waals surface area contributed by atoms with Crippen molar-refractivity contribution in [1.29, 1.82) is 0 Å². The fourth-order valence-electron chi connectivity index (χ4n) is 1.99. The summed E-state index contributed by atoms with van der Waals surface area (Å²) in [4.78, 5) is 4.62. The van der Waals surface area contributed by atoms with E-state index in [9.17, 15) is 4.39 Å². The lowest BCUT2D eigenvalue weighted by atomic mass is 9.93. The molecule has 0 aliphatic rings. The van der Waals surface area contributed by atoms with Crippen molar-refractivity contribution in [2.45, 2.75) is 45.6 Å². The van der Waals surface area contributed by atoms with Crippen molar-refractivity contribution in [3.63, 3.8) is 0 Å². The maximum absolute atomic E-state index is 13.8. The molecule has 1 heterocycles. The Morgan fingerprint density at radius 1 is 1.35 bits per heavy atom. The Labute approximate surface area is 123 Å². The molecule has 2 rings (SSSR count). The zero-order valence-corrected chi connectivity index (χ0v) is 13.2. The van der Waals surface area contributed by atoms with E-state index in [-0.39, 0.29) is 17.3 Å². The van der Waals surface area contributed by atoms with E-state index in [0.717, 1.165) is 16.3 Å². The van der Waals surface area contributed by atoms with E-state index in [2.05, 4.69) is 31.1 Å². The predicted molar refractivity (Wildman–Crippen MR) is 82.6 cm³/mol. The third-order valence-corrected chi connectivity index (χ3v) is 4.14. The van der Waals surface area contributed by atoms with Crippen LogP contribution in [0.3, 0.4) is 0 Å².